The van der Waals surface area contributed by atoms with Crippen molar-refractivity contribution in [3.8, 4) is 16.9 Å². The van der Waals surface area contributed by atoms with Gasteiger partial charge in [-0.25, -0.2) is 4.79 Å². The van der Waals surface area contributed by atoms with E-state index in [2.05, 4.69) is 5.32 Å². The van der Waals surface area contributed by atoms with E-state index in [0.717, 1.165) is 21.8 Å². The highest BCUT2D eigenvalue weighted by Gasteiger charge is 2.34. The largest absolute Gasteiger partial charge is 0.494 e. The van der Waals surface area contributed by atoms with E-state index in [1.54, 1.807) is 0 Å². The molecule has 2 N–H and O–H groups in total. The van der Waals surface area contributed by atoms with E-state index in [1.165, 1.54) is 11.3 Å². The number of thiophene rings is 1. The van der Waals surface area contributed by atoms with Crippen molar-refractivity contribution in [1.82, 2.24) is 0 Å². The number of rotatable bonds is 5. The van der Waals surface area contributed by atoms with Gasteiger partial charge in [0.1, 0.15) is 10.6 Å². The molecule has 4 rings (SSSR count). The first-order valence-corrected chi connectivity index (χ1v) is 9.88. The Balaban J connectivity index is 1.85. The summed E-state index contributed by atoms with van der Waals surface area (Å²) < 4.78 is 5.50. The molecule has 1 atom stereocenters. The van der Waals surface area contributed by atoms with Gasteiger partial charge in [0.25, 0.3) is 0 Å². The number of hydrogen-bond acceptors (Lipinski definition) is 4. The molecule has 0 saturated heterocycles. The number of carbonyl (C=O) groups is 2. The van der Waals surface area contributed by atoms with E-state index in [1.807, 2.05) is 61.5 Å². The Morgan fingerprint density at radius 2 is 1.89 bits per heavy atom. The molecule has 1 aliphatic heterocycles. The standard InChI is InChI=1S/C22H19NO4S/c1-2-27-15-10-8-13(9-11-15)16-12-17(24)23-19-18(14-6-4-3-5-7-14)21(22(25)26)28-20(16)19/h3-11,16H,2,12H2,1H3,(H,23,24)(H,25,26). The summed E-state index contributed by atoms with van der Waals surface area (Å²) in [5.74, 6) is -0.509. The lowest BCUT2D eigenvalue weighted by atomic mass is 9.88. The van der Waals surface area contributed by atoms with Crippen LogP contribution in [0, 0.1) is 0 Å². The summed E-state index contributed by atoms with van der Waals surface area (Å²) in [7, 11) is 0. The van der Waals surface area contributed by atoms with Crippen molar-refractivity contribution in [3.63, 3.8) is 0 Å². The number of anilines is 1. The van der Waals surface area contributed by atoms with Gasteiger partial charge in [-0.05, 0) is 30.2 Å². The summed E-state index contributed by atoms with van der Waals surface area (Å²) in [6.07, 6.45) is 0.286. The van der Waals surface area contributed by atoms with Gasteiger partial charge in [-0.3, -0.25) is 4.79 Å². The van der Waals surface area contributed by atoms with Crippen LogP contribution in [0.3, 0.4) is 0 Å². The maximum absolute atomic E-state index is 12.5. The molecule has 0 aliphatic carbocycles. The van der Waals surface area contributed by atoms with E-state index in [0.29, 0.717) is 17.9 Å². The molecular formula is C22H19NO4S. The third kappa shape index (κ3) is 3.27. The predicted octanol–water partition coefficient (Wildman–Crippen LogP) is 4.99. The molecule has 1 amide bonds. The van der Waals surface area contributed by atoms with Crippen LogP contribution < -0.4 is 10.1 Å². The molecule has 28 heavy (non-hydrogen) atoms. The van der Waals surface area contributed by atoms with E-state index < -0.39 is 5.97 Å². The number of carboxylic acids is 1. The Kier molecular flexibility index (Phi) is 4.88. The Morgan fingerprint density at radius 1 is 1.18 bits per heavy atom. The molecule has 2 heterocycles. The molecule has 142 valence electrons. The summed E-state index contributed by atoms with van der Waals surface area (Å²) in [5, 5.41) is 12.7. The number of ether oxygens (including phenoxy) is 1. The fourth-order valence-electron chi connectivity index (χ4n) is 3.55. The first-order valence-electron chi connectivity index (χ1n) is 9.06. The highest BCUT2D eigenvalue weighted by Crippen LogP contribution is 2.49. The Labute approximate surface area is 166 Å². The van der Waals surface area contributed by atoms with Crippen LogP contribution in [0.2, 0.25) is 0 Å². The van der Waals surface area contributed by atoms with Crippen molar-refractivity contribution in [2.24, 2.45) is 0 Å². The molecule has 3 aromatic rings. The molecule has 6 heteroatoms. The van der Waals surface area contributed by atoms with Gasteiger partial charge in [0.15, 0.2) is 0 Å². The van der Waals surface area contributed by atoms with Gasteiger partial charge >= 0.3 is 5.97 Å². The molecule has 0 spiro atoms. The molecular weight excluding hydrogens is 374 g/mol. The number of fused-ring (bicyclic) bond motifs is 1. The van der Waals surface area contributed by atoms with Crippen LogP contribution in [-0.2, 0) is 4.79 Å². The fraction of sp³-hybridized carbons (Fsp3) is 0.182. The number of amides is 1. The second-order valence-corrected chi connectivity index (χ2v) is 7.58. The minimum Gasteiger partial charge on any atom is -0.494 e. The van der Waals surface area contributed by atoms with Gasteiger partial charge in [0.05, 0.1) is 12.3 Å². The number of benzene rings is 2. The molecule has 1 aromatic heterocycles. The predicted molar refractivity (Wildman–Crippen MR) is 109 cm³/mol. The lowest BCUT2D eigenvalue weighted by molar-refractivity contribution is -0.116. The molecule has 1 unspecified atom stereocenters. The van der Waals surface area contributed by atoms with Gasteiger partial charge in [0, 0.05) is 22.8 Å². The molecule has 1 aliphatic rings. The Bertz CT molecular complexity index is 1020. The van der Waals surface area contributed by atoms with Gasteiger partial charge in [-0.15, -0.1) is 11.3 Å². The fourth-order valence-corrected chi connectivity index (χ4v) is 4.80. The molecule has 0 bridgehead atoms. The second-order valence-electron chi connectivity index (χ2n) is 6.52. The lowest BCUT2D eigenvalue weighted by Crippen LogP contribution is -2.22. The molecule has 0 radical (unpaired) electrons. The summed E-state index contributed by atoms with van der Waals surface area (Å²) in [5.41, 5.74) is 2.95. The second kappa shape index (κ2) is 7.48. The topological polar surface area (TPSA) is 75.6 Å². The van der Waals surface area contributed by atoms with E-state index in [4.69, 9.17) is 4.74 Å². The number of carbonyl (C=O) groups excluding carboxylic acids is 1. The van der Waals surface area contributed by atoms with Gasteiger partial charge in [-0.1, -0.05) is 42.5 Å². The van der Waals surface area contributed by atoms with E-state index >= 15 is 0 Å². The highest BCUT2D eigenvalue weighted by molar-refractivity contribution is 7.15. The minimum absolute atomic E-state index is 0.113. The van der Waals surface area contributed by atoms with Crippen LogP contribution in [-0.4, -0.2) is 23.6 Å². The average molecular weight is 393 g/mol. The van der Waals surface area contributed by atoms with Gasteiger partial charge in [0.2, 0.25) is 5.91 Å². The van der Waals surface area contributed by atoms with Crippen molar-refractivity contribution in [3.05, 3.63) is 69.9 Å². The smallest absolute Gasteiger partial charge is 0.346 e. The monoisotopic (exact) mass is 393 g/mol. The highest BCUT2D eigenvalue weighted by atomic mass is 32.1. The third-order valence-electron chi connectivity index (χ3n) is 4.76. The van der Waals surface area contributed by atoms with Crippen LogP contribution in [0.4, 0.5) is 5.69 Å². The van der Waals surface area contributed by atoms with E-state index in [9.17, 15) is 14.7 Å². The van der Waals surface area contributed by atoms with Crippen molar-refractivity contribution < 1.29 is 19.4 Å². The van der Waals surface area contributed by atoms with Crippen molar-refractivity contribution >= 4 is 28.9 Å². The molecule has 2 aromatic carbocycles. The normalized spacial score (nSPS) is 15.6. The molecule has 0 saturated carbocycles. The van der Waals surface area contributed by atoms with Gasteiger partial charge < -0.3 is 15.2 Å². The zero-order valence-electron chi connectivity index (χ0n) is 15.3. The first-order chi connectivity index (χ1) is 13.6. The SMILES string of the molecule is CCOc1ccc(C2CC(=O)Nc3c2sc(C(=O)O)c3-c2ccccc2)cc1. The van der Waals surface area contributed by atoms with E-state index in [-0.39, 0.29) is 23.1 Å². The number of aromatic carboxylic acids is 1. The summed E-state index contributed by atoms with van der Waals surface area (Å²) in [4.78, 5) is 25.5. The van der Waals surface area contributed by atoms with Crippen molar-refractivity contribution in [2.75, 3.05) is 11.9 Å². The minimum atomic E-state index is -0.988. The van der Waals surface area contributed by atoms with Gasteiger partial charge in [-0.2, -0.15) is 0 Å². The van der Waals surface area contributed by atoms with Crippen LogP contribution in [0.25, 0.3) is 11.1 Å². The number of hydrogen-bond donors (Lipinski definition) is 2. The lowest BCUT2D eigenvalue weighted by Gasteiger charge is -2.24. The van der Waals surface area contributed by atoms with Crippen LogP contribution in [0.5, 0.6) is 5.75 Å². The maximum atomic E-state index is 12.5. The summed E-state index contributed by atoms with van der Waals surface area (Å²) >= 11 is 1.24. The van der Waals surface area contributed by atoms with Crippen LogP contribution >= 0.6 is 11.3 Å². The third-order valence-corrected chi connectivity index (χ3v) is 6.05. The quantitative estimate of drug-likeness (QED) is 0.641. The Hall–Kier alpha value is -3.12. The molecule has 5 nitrogen and oxygen atoms in total. The zero-order valence-corrected chi connectivity index (χ0v) is 16.1. The number of carboxylic acid groups (broad SMARTS) is 1. The Morgan fingerprint density at radius 3 is 2.54 bits per heavy atom. The average Bonchev–Trinajstić information content (AvgIpc) is 3.08. The van der Waals surface area contributed by atoms with Crippen LogP contribution in [0.1, 0.15) is 39.4 Å². The summed E-state index contributed by atoms with van der Waals surface area (Å²) in [6.45, 7) is 2.51. The summed E-state index contributed by atoms with van der Waals surface area (Å²) in [6, 6.07) is 17.0. The first kappa shape index (κ1) is 18.3. The van der Waals surface area contributed by atoms with Crippen molar-refractivity contribution in [2.45, 2.75) is 19.3 Å². The molecule has 0 fully saturated rings. The zero-order chi connectivity index (χ0) is 19.7. The van der Waals surface area contributed by atoms with Crippen LogP contribution in [0.15, 0.2) is 54.6 Å². The maximum Gasteiger partial charge on any atom is 0.346 e. The van der Waals surface area contributed by atoms with Crippen molar-refractivity contribution in [1.29, 1.82) is 0 Å². The number of nitrogens with one attached hydrogen (secondary N) is 1.